The first kappa shape index (κ1) is 12.8. The van der Waals surface area contributed by atoms with Crippen LogP contribution in [0.2, 0.25) is 0 Å². The molecule has 0 aliphatic rings. The van der Waals surface area contributed by atoms with E-state index >= 15 is 0 Å². The van der Waals surface area contributed by atoms with Crippen molar-refractivity contribution < 1.29 is 23.0 Å². The molecule has 0 radical (unpaired) electrons. The SMILES string of the molecule is CCOC(=O)c1ccc(Br)nc1OC(F)F. The summed E-state index contributed by atoms with van der Waals surface area (Å²) in [6.07, 6.45) is 0. The van der Waals surface area contributed by atoms with Gasteiger partial charge in [-0.1, -0.05) is 0 Å². The summed E-state index contributed by atoms with van der Waals surface area (Å²) >= 11 is 2.99. The van der Waals surface area contributed by atoms with Crippen LogP contribution in [0.25, 0.3) is 0 Å². The number of aromatic nitrogens is 1. The molecule has 0 saturated heterocycles. The molecular weight excluding hydrogens is 288 g/mol. The number of ether oxygens (including phenoxy) is 2. The molecule has 0 saturated carbocycles. The number of hydrogen-bond acceptors (Lipinski definition) is 4. The van der Waals surface area contributed by atoms with Crippen molar-refractivity contribution in [2.24, 2.45) is 0 Å². The third-order valence-corrected chi connectivity index (χ3v) is 1.96. The van der Waals surface area contributed by atoms with E-state index in [0.717, 1.165) is 0 Å². The average Bonchev–Trinajstić information content (AvgIpc) is 2.16. The molecule has 0 aliphatic heterocycles. The third-order valence-electron chi connectivity index (χ3n) is 1.52. The molecule has 1 rings (SSSR count). The van der Waals surface area contributed by atoms with Gasteiger partial charge in [-0.15, -0.1) is 0 Å². The smallest absolute Gasteiger partial charge is 0.388 e. The number of pyridine rings is 1. The van der Waals surface area contributed by atoms with Crippen molar-refractivity contribution in [3.63, 3.8) is 0 Å². The molecule has 1 aromatic heterocycles. The van der Waals surface area contributed by atoms with Gasteiger partial charge in [0.2, 0.25) is 5.88 Å². The van der Waals surface area contributed by atoms with Gasteiger partial charge in [-0.2, -0.15) is 8.78 Å². The Morgan fingerprint density at radius 1 is 1.56 bits per heavy atom. The normalized spacial score (nSPS) is 10.3. The zero-order chi connectivity index (χ0) is 12.1. The van der Waals surface area contributed by atoms with Crippen LogP contribution in [0.15, 0.2) is 16.7 Å². The molecule has 0 aliphatic carbocycles. The van der Waals surface area contributed by atoms with Crippen LogP contribution in [0.3, 0.4) is 0 Å². The van der Waals surface area contributed by atoms with Crippen LogP contribution >= 0.6 is 15.9 Å². The zero-order valence-corrected chi connectivity index (χ0v) is 9.83. The van der Waals surface area contributed by atoms with Gasteiger partial charge in [0.1, 0.15) is 10.2 Å². The Morgan fingerprint density at radius 3 is 2.81 bits per heavy atom. The standard InChI is InChI=1S/C9H8BrF2NO3/c1-2-15-8(14)5-3-4-6(10)13-7(5)16-9(11)12/h3-4,9H,2H2,1H3. The van der Waals surface area contributed by atoms with Crippen LogP contribution in [0.4, 0.5) is 8.78 Å². The second kappa shape index (κ2) is 5.74. The van der Waals surface area contributed by atoms with Gasteiger partial charge in [-0.3, -0.25) is 0 Å². The average molecular weight is 296 g/mol. The summed E-state index contributed by atoms with van der Waals surface area (Å²) in [5.74, 6) is -1.21. The second-order valence-electron chi connectivity index (χ2n) is 2.59. The summed E-state index contributed by atoms with van der Waals surface area (Å²) in [7, 11) is 0. The van der Waals surface area contributed by atoms with E-state index in [9.17, 15) is 13.6 Å². The first-order chi connectivity index (χ1) is 7.54. The summed E-state index contributed by atoms with van der Waals surface area (Å²) in [5, 5.41) is 0. The lowest BCUT2D eigenvalue weighted by Crippen LogP contribution is -2.12. The van der Waals surface area contributed by atoms with E-state index in [-0.39, 0.29) is 16.8 Å². The topological polar surface area (TPSA) is 48.4 Å². The molecule has 1 heterocycles. The van der Waals surface area contributed by atoms with Crippen LogP contribution in [0.5, 0.6) is 5.88 Å². The summed E-state index contributed by atoms with van der Waals surface area (Å²) < 4.78 is 33.2. The fourth-order valence-corrected chi connectivity index (χ4v) is 1.25. The molecule has 0 spiro atoms. The molecule has 4 nitrogen and oxygen atoms in total. The van der Waals surface area contributed by atoms with E-state index in [0.29, 0.717) is 0 Å². The van der Waals surface area contributed by atoms with Crippen molar-refractivity contribution in [3.8, 4) is 5.88 Å². The van der Waals surface area contributed by atoms with Crippen molar-refractivity contribution >= 4 is 21.9 Å². The summed E-state index contributed by atoms with van der Waals surface area (Å²) in [5.41, 5.74) is -0.134. The van der Waals surface area contributed by atoms with E-state index in [4.69, 9.17) is 0 Å². The maximum atomic E-state index is 12.1. The Bertz CT molecular complexity index is 387. The molecule has 1 aromatic rings. The number of carbonyl (C=O) groups excluding carboxylic acids is 1. The molecule has 0 amide bonds. The highest BCUT2D eigenvalue weighted by Crippen LogP contribution is 2.21. The Hall–Kier alpha value is -1.24. The lowest BCUT2D eigenvalue weighted by atomic mass is 10.3. The number of rotatable bonds is 4. The highest BCUT2D eigenvalue weighted by Gasteiger charge is 2.18. The van der Waals surface area contributed by atoms with E-state index < -0.39 is 18.5 Å². The summed E-state index contributed by atoms with van der Waals surface area (Å²) in [4.78, 5) is 15.0. The highest BCUT2D eigenvalue weighted by atomic mass is 79.9. The second-order valence-corrected chi connectivity index (χ2v) is 3.40. The lowest BCUT2D eigenvalue weighted by Gasteiger charge is -2.08. The Morgan fingerprint density at radius 2 is 2.25 bits per heavy atom. The fraction of sp³-hybridized carbons (Fsp3) is 0.333. The van der Waals surface area contributed by atoms with Crippen molar-refractivity contribution in [1.29, 1.82) is 0 Å². The van der Waals surface area contributed by atoms with Gasteiger partial charge in [0.05, 0.1) is 6.61 Å². The fourth-order valence-electron chi connectivity index (χ4n) is 0.956. The Balaban J connectivity index is 3.02. The largest absolute Gasteiger partial charge is 0.462 e. The molecular formula is C9H8BrF2NO3. The van der Waals surface area contributed by atoms with Crippen LogP contribution in [0, 0.1) is 0 Å². The number of halogens is 3. The van der Waals surface area contributed by atoms with E-state index in [1.165, 1.54) is 12.1 Å². The minimum Gasteiger partial charge on any atom is -0.462 e. The summed E-state index contributed by atoms with van der Waals surface area (Å²) in [6.45, 7) is -1.30. The van der Waals surface area contributed by atoms with Gasteiger partial charge in [0.15, 0.2) is 0 Å². The number of hydrogen-bond donors (Lipinski definition) is 0. The molecule has 0 bridgehead atoms. The van der Waals surface area contributed by atoms with Crippen molar-refractivity contribution in [2.45, 2.75) is 13.5 Å². The van der Waals surface area contributed by atoms with Crippen molar-refractivity contribution in [1.82, 2.24) is 4.98 Å². The van der Waals surface area contributed by atoms with Crippen LogP contribution in [-0.2, 0) is 4.74 Å². The monoisotopic (exact) mass is 295 g/mol. The highest BCUT2D eigenvalue weighted by molar-refractivity contribution is 9.10. The molecule has 0 unspecified atom stereocenters. The quantitative estimate of drug-likeness (QED) is 0.633. The maximum absolute atomic E-state index is 12.1. The number of alkyl halides is 2. The van der Waals surface area contributed by atoms with Gasteiger partial charge in [0, 0.05) is 0 Å². The molecule has 7 heteroatoms. The van der Waals surface area contributed by atoms with Crippen LogP contribution < -0.4 is 4.74 Å². The van der Waals surface area contributed by atoms with Crippen molar-refractivity contribution in [2.75, 3.05) is 6.61 Å². The number of nitrogens with zero attached hydrogens (tertiary/aromatic N) is 1. The van der Waals surface area contributed by atoms with E-state index in [1.54, 1.807) is 6.92 Å². The molecule has 0 N–H and O–H groups in total. The maximum Gasteiger partial charge on any atom is 0.388 e. The third kappa shape index (κ3) is 3.41. The first-order valence-electron chi connectivity index (χ1n) is 4.33. The van der Waals surface area contributed by atoms with Crippen molar-refractivity contribution in [3.05, 3.63) is 22.3 Å². The van der Waals surface area contributed by atoms with Gasteiger partial charge in [-0.05, 0) is 35.0 Å². The van der Waals surface area contributed by atoms with Gasteiger partial charge in [-0.25, -0.2) is 9.78 Å². The minimum absolute atomic E-state index is 0.134. The van der Waals surface area contributed by atoms with Gasteiger partial charge >= 0.3 is 12.6 Å². The predicted octanol–water partition coefficient (Wildman–Crippen LogP) is 2.62. The van der Waals surface area contributed by atoms with Gasteiger partial charge < -0.3 is 9.47 Å². The van der Waals surface area contributed by atoms with E-state index in [2.05, 4.69) is 30.4 Å². The molecule has 0 fully saturated rings. The zero-order valence-electron chi connectivity index (χ0n) is 8.25. The predicted molar refractivity (Wildman–Crippen MR) is 54.5 cm³/mol. The minimum atomic E-state index is -3.05. The molecule has 0 atom stereocenters. The molecule has 88 valence electrons. The number of carbonyl (C=O) groups is 1. The lowest BCUT2D eigenvalue weighted by molar-refractivity contribution is -0.0535. The van der Waals surface area contributed by atoms with Crippen LogP contribution in [-0.4, -0.2) is 24.2 Å². The first-order valence-corrected chi connectivity index (χ1v) is 5.12. The van der Waals surface area contributed by atoms with E-state index in [1.807, 2.05) is 0 Å². The molecule has 0 aromatic carbocycles. The number of esters is 1. The molecule has 16 heavy (non-hydrogen) atoms. The van der Waals surface area contributed by atoms with Crippen LogP contribution in [0.1, 0.15) is 17.3 Å². The van der Waals surface area contributed by atoms with Gasteiger partial charge in [0.25, 0.3) is 0 Å². The Labute approximate surface area is 98.7 Å². The Kier molecular flexibility index (Phi) is 4.60. The summed E-state index contributed by atoms with van der Waals surface area (Å²) in [6, 6.07) is 2.73.